The number of rotatable bonds is 5. The molecule has 3 rings (SSSR count). The maximum atomic E-state index is 12.7. The SMILES string of the molecule is Cl.O=C(CC1CCCN1)Nc1ccc(Cl)c(S(=O)(=O)N2CCCC2)c1. The van der Waals surface area contributed by atoms with E-state index in [0.717, 1.165) is 32.2 Å². The summed E-state index contributed by atoms with van der Waals surface area (Å²) in [7, 11) is -3.61. The van der Waals surface area contributed by atoms with Gasteiger partial charge in [-0.15, -0.1) is 12.4 Å². The molecule has 0 aromatic heterocycles. The summed E-state index contributed by atoms with van der Waals surface area (Å²) in [6.07, 6.45) is 4.18. The highest BCUT2D eigenvalue weighted by molar-refractivity contribution is 7.89. The standard InChI is InChI=1S/C16H22ClN3O3S.ClH/c17-14-6-5-13(19-16(21)11-12-4-3-7-18-12)10-15(14)24(22,23)20-8-1-2-9-20;/h5-6,10,12,18H,1-4,7-9,11H2,(H,19,21);1H. The van der Waals surface area contributed by atoms with Crippen LogP contribution in [-0.2, 0) is 14.8 Å². The average molecular weight is 408 g/mol. The number of sulfonamides is 1. The van der Waals surface area contributed by atoms with E-state index >= 15 is 0 Å². The molecular weight excluding hydrogens is 385 g/mol. The van der Waals surface area contributed by atoms with Crippen molar-refractivity contribution >= 4 is 45.6 Å². The van der Waals surface area contributed by atoms with E-state index in [1.54, 1.807) is 6.07 Å². The van der Waals surface area contributed by atoms with Gasteiger partial charge in [0.2, 0.25) is 15.9 Å². The van der Waals surface area contributed by atoms with Gasteiger partial charge in [-0.2, -0.15) is 4.31 Å². The van der Waals surface area contributed by atoms with E-state index in [0.29, 0.717) is 25.2 Å². The Bertz CT molecular complexity index is 715. The quantitative estimate of drug-likeness (QED) is 0.785. The van der Waals surface area contributed by atoms with Gasteiger partial charge in [0.05, 0.1) is 5.02 Å². The Hall–Kier alpha value is -0.860. The Morgan fingerprint density at radius 3 is 2.64 bits per heavy atom. The number of carbonyl (C=O) groups excluding carboxylic acids is 1. The molecule has 9 heteroatoms. The molecular formula is C16H23Cl2N3O3S. The minimum Gasteiger partial charge on any atom is -0.326 e. The lowest BCUT2D eigenvalue weighted by Crippen LogP contribution is -2.29. The summed E-state index contributed by atoms with van der Waals surface area (Å²) < 4.78 is 26.8. The second-order valence-corrected chi connectivity index (χ2v) is 8.62. The largest absolute Gasteiger partial charge is 0.326 e. The molecule has 2 N–H and O–H groups in total. The highest BCUT2D eigenvalue weighted by Crippen LogP contribution is 2.29. The minimum absolute atomic E-state index is 0. The topological polar surface area (TPSA) is 78.5 Å². The lowest BCUT2D eigenvalue weighted by Gasteiger charge is -2.17. The summed E-state index contributed by atoms with van der Waals surface area (Å²) in [5.74, 6) is -0.124. The molecule has 6 nitrogen and oxygen atoms in total. The van der Waals surface area contributed by atoms with Crippen molar-refractivity contribution in [2.45, 2.75) is 43.0 Å². The molecule has 1 amide bonds. The first-order chi connectivity index (χ1) is 11.5. The summed E-state index contributed by atoms with van der Waals surface area (Å²) in [6.45, 7) is 1.97. The van der Waals surface area contributed by atoms with Crippen molar-refractivity contribution in [2.24, 2.45) is 0 Å². The predicted molar refractivity (Wildman–Crippen MR) is 101 cm³/mol. The van der Waals surface area contributed by atoms with E-state index in [1.165, 1.54) is 16.4 Å². The number of anilines is 1. The number of benzene rings is 1. The number of amides is 1. The summed E-state index contributed by atoms with van der Waals surface area (Å²) >= 11 is 6.10. The van der Waals surface area contributed by atoms with Crippen LogP contribution in [0.15, 0.2) is 23.1 Å². The molecule has 0 bridgehead atoms. The van der Waals surface area contributed by atoms with Crippen LogP contribution in [0.3, 0.4) is 0 Å². The van der Waals surface area contributed by atoms with Crippen LogP contribution in [0, 0.1) is 0 Å². The van der Waals surface area contributed by atoms with E-state index < -0.39 is 10.0 Å². The third-order valence-electron chi connectivity index (χ3n) is 4.49. The van der Waals surface area contributed by atoms with E-state index in [9.17, 15) is 13.2 Å². The fraction of sp³-hybridized carbons (Fsp3) is 0.562. The number of hydrogen-bond donors (Lipinski definition) is 2. The van der Waals surface area contributed by atoms with Crippen molar-refractivity contribution in [3.63, 3.8) is 0 Å². The van der Waals surface area contributed by atoms with Crippen molar-refractivity contribution in [1.82, 2.24) is 9.62 Å². The molecule has 140 valence electrons. The molecule has 2 heterocycles. The molecule has 0 saturated carbocycles. The maximum Gasteiger partial charge on any atom is 0.244 e. The van der Waals surface area contributed by atoms with Gasteiger partial charge in [-0.3, -0.25) is 4.79 Å². The van der Waals surface area contributed by atoms with Crippen molar-refractivity contribution < 1.29 is 13.2 Å². The number of carbonyl (C=O) groups is 1. The van der Waals surface area contributed by atoms with E-state index in [4.69, 9.17) is 11.6 Å². The number of nitrogens with zero attached hydrogens (tertiary/aromatic N) is 1. The molecule has 1 aromatic rings. The molecule has 0 radical (unpaired) electrons. The van der Waals surface area contributed by atoms with Gasteiger partial charge in [-0.1, -0.05) is 11.6 Å². The minimum atomic E-state index is -3.61. The predicted octanol–water partition coefficient (Wildman–Crippen LogP) is 2.63. The van der Waals surface area contributed by atoms with Gasteiger partial charge in [-0.25, -0.2) is 8.42 Å². The molecule has 1 unspecified atom stereocenters. The molecule has 2 aliphatic heterocycles. The van der Waals surface area contributed by atoms with Gasteiger partial charge in [0, 0.05) is 31.2 Å². The zero-order chi connectivity index (χ0) is 17.2. The van der Waals surface area contributed by atoms with Crippen LogP contribution in [-0.4, -0.2) is 44.3 Å². The van der Waals surface area contributed by atoms with Crippen LogP contribution in [0.2, 0.25) is 5.02 Å². The van der Waals surface area contributed by atoms with Gasteiger partial charge in [-0.05, 0) is 50.4 Å². The molecule has 0 aliphatic carbocycles. The van der Waals surface area contributed by atoms with Crippen LogP contribution >= 0.6 is 24.0 Å². The Labute approximate surface area is 159 Å². The molecule has 25 heavy (non-hydrogen) atoms. The van der Waals surface area contributed by atoms with Gasteiger partial charge in [0.15, 0.2) is 0 Å². The number of halogens is 2. The van der Waals surface area contributed by atoms with Crippen LogP contribution in [0.5, 0.6) is 0 Å². The lowest BCUT2D eigenvalue weighted by molar-refractivity contribution is -0.116. The first-order valence-electron chi connectivity index (χ1n) is 8.30. The van der Waals surface area contributed by atoms with Crippen molar-refractivity contribution in [3.05, 3.63) is 23.2 Å². The fourth-order valence-corrected chi connectivity index (χ4v) is 5.23. The Balaban J connectivity index is 0.00000225. The van der Waals surface area contributed by atoms with E-state index in [2.05, 4.69) is 10.6 Å². The Morgan fingerprint density at radius 1 is 1.28 bits per heavy atom. The first kappa shape index (κ1) is 20.5. The molecule has 0 spiro atoms. The van der Waals surface area contributed by atoms with Crippen molar-refractivity contribution in [3.8, 4) is 0 Å². The Morgan fingerprint density at radius 2 is 2.00 bits per heavy atom. The van der Waals surface area contributed by atoms with E-state index in [-0.39, 0.29) is 34.3 Å². The summed E-state index contributed by atoms with van der Waals surface area (Å²) in [4.78, 5) is 12.2. The van der Waals surface area contributed by atoms with Crippen LogP contribution < -0.4 is 10.6 Å². The highest BCUT2D eigenvalue weighted by Gasteiger charge is 2.29. The molecule has 1 aromatic carbocycles. The molecule has 2 aliphatic rings. The monoisotopic (exact) mass is 407 g/mol. The summed E-state index contributed by atoms with van der Waals surface area (Å²) in [5, 5.41) is 6.23. The van der Waals surface area contributed by atoms with Crippen LogP contribution in [0.1, 0.15) is 32.1 Å². The number of hydrogen-bond acceptors (Lipinski definition) is 4. The molecule has 2 fully saturated rings. The Kier molecular flexibility index (Phi) is 7.10. The summed E-state index contributed by atoms with van der Waals surface area (Å²) in [5.41, 5.74) is 0.458. The third-order valence-corrected chi connectivity index (χ3v) is 6.87. The highest BCUT2D eigenvalue weighted by atomic mass is 35.5. The average Bonchev–Trinajstić information content (AvgIpc) is 3.22. The van der Waals surface area contributed by atoms with Crippen LogP contribution in [0.4, 0.5) is 5.69 Å². The fourth-order valence-electron chi connectivity index (χ4n) is 3.21. The van der Waals surface area contributed by atoms with Gasteiger partial charge in [0.1, 0.15) is 4.90 Å². The van der Waals surface area contributed by atoms with Gasteiger partial charge in [0.25, 0.3) is 0 Å². The normalized spacial score (nSPS) is 21.1. The summed E-state index contributed by atoms with van der Waals surface area (Å²) in [6, 6.07) is 4.81. The second-order valence-electron chi connectivity index (χ2n) is 6.30. The lowest BCUT2D eigenvalue weighted by atomic mass is 10.1. The van der Waals surface area contributed by atoms with Gasteiger partial charge < -0.3 is 10.6 Å². The number of nitrogens with one attached hydrogen (secondary N) is 2. The van der Waals surface area contributed by atoms with Crippen LogP contribution in [0.25, 0.3) is 0 Å². The maximum absolute atomic E-state index is 12.7. The van der Waals surface area contributed by atoms with Gasteiger partial charge >= 0.3 is 0 Å². The second kappa shape index (κ2) is 8.68. The first-order valence-corrected chi connectivity index (χ1v) is 10.1. The third kappa shape index (κ3) is 4.86. The molecule has 1 atom stereocenters. The zero-order valence-electron chi connectivity index (χ0n) is 13.8. The van der Waals surface area contributed by atoms with E-state index in [1.807, 2.05) is 0 Å². The van der Waals surface area contributed by atoms with Crippen molar-refractivity contribution in [1.29, 1.82) is 0 Å². The zero-order valence-corrected chi connectivity index (χ0v) is 16.2. The molecule has 2 saturated heterocycles. The van der Waals surface area contributed by atoms with Crippen molar-refractivity contribution in [2.75, 3.05) is 25.0 Å². The smallest absolute Gasteiger partial charge is 0.244 e.